The summed E-state index contributed by atoms with van der Waals surface area (Å²) in [5, 5.41) is 12.3. The van der Waals surface area contributed by atoms with Gasteiger partial charge in [-0.05, 0) is 23.2 Å². The maximum atomic E-state index is 12.2. The van der Waals surface area contributed by atoms with E-state index in [-0.39, 0.29) is 15.7 Å². The van der Waals surface area contributed by atoms with E-state index in [1.807, 2.05) is 18.2 Å². The summed E-state index contributed by atoms with van der Waals surface area (Å²) in [6.45, 7) is 0. The van der Waals surface area contributed by atoms with Gasteiger partial charge in [0, 0.05) is 11.4 Å². The van der Waals surface area contributed by atoms with E-state index < -0.39 is 0 Å². The van der Waals surface area contributed by atoms with Gasteiger partial charge in [0.25, 0.3) is 5.56 Å². The molecule has 19 heavy (non-hydrogen) atoms. The summed E-state index contributed by atoms with van der Waals surface area (Å²) in [7, 11) is 0. The van der Waals surface area contributed by atoms with Crippen molar-refractivity contribution in [2.45, 2.75) is 6.42 Å². The summed E-state index contributed by atoms with van der Waals surface area (Å²) in [6.07, 6.45) is 0.309. The molecule has 0 spiro atoms. The molecule has 1 aromatic carbocycles. The van der Waals surface area contributed by atoms with Crippen LogP contribution in [0.1, 0.15) is 11.3 Å². The molecule has 2 heterocycles. The van der Waals surface area contributed by atoms with Crippen molar-refractivity contribution < 1.29 is 0 Å². The molecular weight excluding hydrogens is 307 g/mol. The van der Waals surface area contributed by atoms with E-state index >= 15 is 0 Å². The van der Waals surface area contributed by atoms with Crippen LogP contribution in [-0.4, -0.2) is 19.8 Å². The first-order valence-electron chi connectivity index (χ1n) is 5.29. The molecule has 0 radical (unpaired) electrons. The minimum Gasteiger partial charge on any atom is -0.265 e. The van der Waals surface area contributed by atoms with Crippen LogP contribution in [0.5, 0.6) is 0 Å². The summed E-state index contributed by atoms with van der Waals surface area (Å²) in [4.78, 5) is 12.5. The van der Waals surface area contributed by atoms with Crippen molar-refractivity contribution in [1.29, 1.82) is 0 Å². The van der Waals surface area contributed by atoms with Crippen LogP contribution >= 0.6 is 34.5 Å². The van der Waals surface area contributed by atoms with Gasteiger partial charge < -0.3 is 0 Å². The molecule has 0 aliphatic carbocycles. The van der Waals surface area contributed by atoms with Gasteiger partial charge in [0.15, 0.2) is 0 Å². The Morgan fingerprint density at radius 1 is 1.21 bits per heavy atom. The van der Waals surface area contributed by atoms with Crippen LogP contribution in [0.25, 0.3) is 4.96 Å². The average molecular weight is 313 g/mol. The number of aromatic nitrogens is 4. The van der Waals surface area contributed by atoms with Crippen LogP contribution in [0.2, 0.25) is 9.49 Å². The monoisotopic (exact) mass is 312 g/mol. The fourth-order valence-corrected chi connectivity index (χ4v) is 2.71. The fraction of sp³-hybridized carbons (Fsp3) is 0.0909. The van der Waals surface area contributed by atoms with E-state index in [9.17, 15) is 4.79 Å². The van der Waals surface area contributed by atoms with Gasteiger partial charge >= 0.3 is 0 Å². The molecule has 0 N–H and O–H groups in total. The third-order valence-electron chi connectivity index (χ3n) is 2.55. The topological polar surface area (TPSA) is 60.2 Å². The zero-order chi connectivity index (χ0) is 13.4. The minimum absolute atomic E-state index is 0.251. The lowest BCUT2D eigenvalue weighted by molar-refractivity contribution is 0.808. The maximum Gasteiger partial charge on any atom is 0.297 e. The molecule has 0 fully saturated rings. The standard InChI is InChI=1S/C11H6Cl2N4OS/c12-7-4-2-1-3-6(7)5-8-9(18)17-11(15-14-8)19-10(13)16-17/h1-4H,5H2. The summed E-state index contributed by atoms with van der Waals surface area (Å²) >= 11 is 12.9. The summed E-state index contributed by atoms with van der Waals surface area (Å²) in [5.74, 6) is 0. The van der Waals surface area contributed by atoms with Gasteiger partial charge in [0.1, 0.15) is 5.69 Å². The van der Waals surface area contributed by atoms with Crippen LogP contribution in [0, 0.1) is 0 Å². The average Bonchev–Trinajstić information content (AvgIpc) is 2.77. The van der Waals surface area contributed by atoms with E-state index in [2.05, 4.69) is 15.3 Å². The normalized spacial score (nSPS) is 11.1. The number of nitrogens with zero attached hydrogens (tertiary/aromatic N) is 4. The number of benzene rings is 1. The van der Waals surface area contributed by atoms with E-state index in [4.69, 9.17) is 23.2 Å². The van der Waals surface area contributed by atoms with E-state index in [0.29, 0.717) is 16.4 Å². The summed E-state index contributed by atoms with van der Waals surface area (Å²) in [5.41, 5.74) is 0.775. The van der Waals surface area contributed by atoms with Gasteiger partial charge in [-0.1, -0.05) is 41.1 Å². The van der Waals surface area contributed by atoms with E-state index in [1.54, 1.807) is 6.07 Å². The molecule has 3 aromatic rings. The highest BCUT2D eigenvalue weighted by molar-refractivity contribution is 7.20. The van der Waals surface area contributed by atoms with Gasteiger partial charge in [0.2, 0.25) is 9.43 Å². The molecule has 0 aliphatic heterocycles. The third-order valence-corrected chi connectivity index (χ3v) is 3.91. The molecule has 0 unspecified atom stereocenters. The molecule has 8 heteroatoms. The van der Waals surface area contributed by atoms with Gasteiger partial charge in [-0.2, -0.15) is 4.52 Å². The predicted molar refractivity (Wildman–Crippen MR) is 74.2 cm³/mol. The Bertz CT molecular complexity index is 814. The number of hydrogen-bond acceptors (Lipinski definition) is 5. The van der Waals surface area contributed by atoms with Gasteiger partial charge in [-0.15, -0.1) is 15.3 Å². The molecule has 0 bridgehead atoms. The van der Waals surface area contributed by atoms with Crippen molar-refractivity contribution >= 4 is 39.5 Å². The molecule has 0 saturated carbocycles. The molecule has 0 atom stereocenters. The molecule has 0 aliphatic rings. The van der Waals surface area contributed by atoms with Crippen LogP contribution in [0.3, 0.4) is 0 Å². The lowest BCUT2D eigenvalue weighted by atomic mass is 10.1. The molecular formula is C11H6Cl2N4OS. The van der Waals surface area contributed by atoms with Crippen molar-refractivity contribution in [2.24, 2.45) is 0 Å². The van der Waals surface area contributed by atoms with Crippen molar-refractivity contribution in [2.75, 3.05) is 0 Å². The largest absolute Gasteiger partial charge is 0.297 e. The highest BCUT2D eigenvalue weighted by atomic mass is 35.5. The second-order valence-electron chi connectivity index (χ2n) is 3.77. The number of halogens is 2. The van der Waals surface area contributed by atoms with Crippen LogP contribution in [0.15, 0.2) is 29.1 Å². The van der Waals surface area contributed by atoms with Crippen molar-refractivity contribution in [3.63, 3.8) is 0 Å². The number of rotatable bonds is 2. The van der Waals surface area contributed by atoms with Gasteiger partial charge in [0.05, 0.1) is 0 Å². The van der Waals surface area contributed by atoms with Crippen molar-refractivity contribution in [3.05, 3.63) is 55.4 Å². The first-order valence-corrected chi connectivity index (χ1v) is 6.87. The molecule has 0 saturated heterocycles. The second-order valence-corrected chi connectivity index (χ2v) is 5.71. The Hall–Kier alpha value is -1.50. The Labute approximate surface area is 121 Å². The van der Waals surface area contributed by atoms with Gasteiger partial charge in [-0.25, -0.2) is 0 Å². The molecule has 96 valence electrons. The zero-order valence-electron chi connectivity index (χ0n) is 9.38. The fourth-order valence-electron chi connectivity index (χ4n) is 1.66. The first-order chi connectivity index (χ1) is 9.15. The minimum atomic E-state index is -0.326. The van der Waals surface area contributed by atoms with E-state index in [0.717, 1.165) is 21.4 Å². The second kappa shape index (κ2) is 4.88. The highest BCUT2D eigenvalue weighted by Crippen LogP contribution is 2.18. The lowest BCUT2D eigenvalue weighted by Crippen LogP contribution is -2.22. The SMILES string of the molecule is O=c1c(Cc2ccccc2Cl)nnc2sc(Cl)nn12. The Morgan fingerprint density at radius 2 is 2.00 bits per heavy atom. The Kier molecular flexibility index (Phi) is 3.22. The van der Waals surface area contributed by atoms with E-state index in [1.165, 1.54) is 0 Å². The Morgan fingerprint density at radius 3 is 2.79 bits per heavy atom. The molecule has 3 rings (SSSR count). The highest BCUT2D eigenvalue weighted by Gasteiger charge is 2.12. The molecule has 2 aromatic heterocycles. The molecule has 5 nitrogen and oxygen atoms in total. The van der Waals surface area contributed by atoms with Gasteiger partial charge in [-0.3, -0.25) is 4.79 Å². The summed E-state index contributed by atoms with van der Waals surface area (Å²) in [6, 6.07) is 7.28. The first kappa shape index (κ1) is 12.5. The quantitative estimate of drug-likeness (QED) is 0.729. The smallest absolute Gasteiger partial charge is 0.265 e. The van der Waals surface area contributed by atoms with Crippen LogP contribution < -0.4 is 5.56 Å². The molecule has 0 amide bonds. The zero-order valence-corrected chi connectivity index (χ0v) is 11.7. The third kappa shape index (κ3) is 2.34. The van der Waals surface area contributed by atoms with Crippen LogP contribution in [-0.2, 0) is 6.42 Å². The Balaban J connectivity index is 2.09. The maximum absolute atomic E-state index is 12.2. The number of fused-ring (bicyclic) bond motifs is 1. The lowest BCUT2D eigenvalue weighted by Gasteiger charge is -2.02. The van der Waals surface area contributed by atoms with Crippen LogP contribution in [0.4, 0.5) is 0 Å². The van der Waals surface area contributed by atoms with Crippen molar-refractivity contribution in [3.8, 4) is 0 Å². The predicted octanol–water partition coefficient (Wildman–Crippen LogP) is 2.44. The number of hydrogen-bond donors (Lipinski definition) is 0. The summed E-state index contributed by atoms with van der Waals surface area (Å²) < 4.78 is 1.41. The van der Waals surface area contributed by atoms with Crippen molar-refractivity contribution in [1.82, 2.24) is 19.8 Å².